The molecule has 0 heterocycles. The van der Waals surface area contributed by atoms with E-state index in [1.165, 1.54) is 0 Å². The van der Waals surface area contributed by atoms with Crippen LogP contribution in [0.25, 0.3) is 0 Å². The Hall–Kier alpha value is -1.07. The van der Waals surface area contributed by atoms with E-state index in [0.717, 1.165) is 23.6 Å². The third-order valence-corrected chi connectivity index (χ3v) is 2.59. The summed E-state index contributed by atoms with van der Waals surface area (Å²) in [5.41, 5.74) is 8.06. The number of halogens is 3. The lowest BCUT2D eigenvalue weighted by Gasteiger charge is -2.17. The molecule has 0 amide bonds. The van der Waals surface area contributed by atoms with Gasteiger partial charge in [-0.2, -0.15) is 13.2 Å². The molecule has 1 atom stereocenters. The lowest BCUT2D eigenvalue weighted by Crippen LogP contribution is -2.28. The highest BCUT2D eigenvalue weighted by atomic mass is 19.4. The van der Waals surface area contributed by atoms with E-state index in [2.05, 4.69) is 0 Å². The first-order valence-electron chi connectivity index (χ1n) is 5.31. The monoisotopic (exact) mass is 247 g/mol. The van der Waals surface area contributed by atoms with Gasteiger partial charge in [-0.15, -0.1) is 0 Å². The molecule has 0 spiro atoms. The normalized spacial score (nSPS) is 13.8. The topological polar surface area (TPSA) is 35.2 Å². The van der Waals surface area contributed by atoms with Crippen LogP contribution in [0.4, 0.5) is 13.2 Å². The summed E-state index contributed by atoms with van der Waals surface area (Å²) < 4.78 is 41.5. The second kappa shape index (κ2) is 5.51. The van der Waals surface area contributed by atoms with Crippen molar-refractivity contribution < 1.29 is 17.9 Å². The average molecular weight is 247 g/mol. The van der Waals surface area contributed by atoms with E-state index in [9.17, 15) is 13.2 Å². The number of ether oxygens (including phenoxy) is 1. The van der Waals surface area contributed by atoms with Crippen LogP contribution in [0.2, 0.25) is 0 Å². The van der Waals surface area contributed by atoms with Gasteiger partial charge in [0.05, 0.1) is 6.61 Å². The summed E-state index contributed by atoms with van der Waals surface area (Å²) in [5, 5.41) is 0. The average Bonchev–Trinajstić information content (AvgIpc) is 2.25. The fourth-order valence-electron chi connectivity index (χ4n) is 1.36. The van der Waals surface area contributed by atoms with Gasteiger partial charge < -0.3 is 10.5 Å². The third kappa shape index (κ3) is 4.02. The molecule has 0 saturated carbocycles. The third-order valence-electron chi connectivity index (χ3n) is 2.59. The molecule has 0 aliphatic carbocycles. The first-order valence-corrected chi connectivity index (χ1v) is 5.31. The summed E-state index contributed by atoms with van der Waals surface area (Å²) in [6.07, 6.45) is -6.07. The zero-order chi connectivity index (χ0) is 13.1. The largest absolute Gasteiger partial charge is 0.414 e. The standard InChI is InChI=1S/C12H16F3NO/c1-8-5-10(6-16)3-4-11(8)7-17-9(2)12(13,14)15/h3-5,9H,6-7,16H2,1-2H3. The maximum absolute atomic E-state index is 12.2. The molecule has 1 aromatic rings. The minimum Gasteiger partial charge on any atom is -0.364 e. The molecule has 1 unspecified atom stereocenters. The van der Waals surface area contributed by atoms with Crippen LogP contribution in [-0.2, 0) is 17.9 Å². The molecule has 1 aromatic carbocycles. The molecule has 0 radical (unpaired) electrons. The molecule has 1 rings (SSSR count). The first-order chi connectivity index (χ1) is 7.84. The summed E-state index contributed by atoms with van der Waals surface area (Å²) in [5.74, 6) is 0. The highest BCUT2D eigenvalue weighted by molar-refractivity contribution is 5.30. The first kappa shape index (κ1) is 14.0. The molecular formula is C12H16F3NO. The van der Waals surface area contributed by atoms with Crippen LogP contribution in [0.1, 0.15) is 23.6 Å². The van der Waals surface area contributed by atoms with Gasteiger partial charge in [0.15, 0.2) is 6.10 Å². The van der Waals surface area contributed by atoms with Gasteiger partial charge >= 0.3 is 6.18 Å². The van der Waals surface area contributed by atoms with Gasteiger partial charge in [0.25, 0.3) is 0 Å². The van der Waals surface area contributed by atoms with Crippen molar-refractivity contribution >= 4 is 0 Å². The van der Waals surface area contributed by atoms with Gasteiger partial charge in [-0.25, -0.2) is 0 Å². The number of alkyl halides is 3. The van der Waals surface area contributed by atoms with Gasteiger partial charge in [-0.05, 0) is 30.5 Å². The Morgan fingerprint density at radius 2 is 2.00 bits per heavy atom. The van der Waals surface area contributed by atoms with Crippen molar-refractivity contribution in [3.8, 4) is 0 Å². The quantitative estimate of drug-likeness (QED) is 0.887. The summed E-state index contributed by atoms with van der Waals surface area (Å²) >= 11 is 0. The van der Waals surface area contributed by atoms with E-state index in [0.29, 0.717) is 6.54 Å². The fraction of sp³-hybridized carbons (Fsp3) is 0.500. The summed E-state index contributed by atoms with van der Waals surface area (Å²) in [7, 11) is 0. The molecule has 0 aromatic heterocycles. The van der Waals surface area contributed by atoms with Crippen LogP contribution < -0.4 is 5.73 Å². The molecule has 0 aliphatic rings. The SMILES string of the molecule is Cc1cc(CN)ccc1COC(C)C(F)(F)F. The Kier molecular flexibility index (Phi) is 4.54. The molecular weight excluding hydrogens is 231 g/mol. The Morgan fingerprint density at radius 1 is 1.35 bits per heavy atom. The van der Waals surface area contributed by atoms with Gasteiger partial charge in [-0.1, -0.05) is 18.2 Å². The van der Waals surface area contributed by atoms with E-state index < -0.39 is 12.3 Å². The Balaban J connectivity index is 2.64. The second-order valence-corrected chi connectivity index (χ2v) is 3.96. The second-order valence-electron chi connectivity index (χ2n) is 3.96. The van der Waals surface area contributed by atoms with Crippen molar-refractivity contribution in [1.82, 2.24) is 0 Å². The number of rotatable bonds is 4. The maximum atomic E-state index is 12.2. The smallest absolute Gasteiger partial charge is 0.364 e. The van der Waals surface area contributed by atoms with Gasteiger partial charge in [0.2, 0.25) is 0 Å². The van der Waals surface area contributed by atoms with Crippen molar-refractivity contribution in [2.75, 3.05) is 0 Å². The predicted octanol–water partition coefficient (Wildman–Crippen LogP) is 2.92. The molecule has 17 heavy (non-hydrogen) atoms. The van der Waals surface area contributed by atoms with Crippen molar-refractivity contribution in [1.29, 1.82) is 0 Å². The van der Waals surface area contributed by atoms with Crippen molar-refractivity contribution in [2.45, 2.75) is 39.3 Å². The van der Waals surface area contributed by atoms with Crippen LogP contribution in [0, 0.1) is 6.92 Å². The predicted molar refractivity (Wildman–Crippen MR) is 59.4 cm³/mol. The molecule has 96 valence electrons. The molecule has 5 heteroatoms. The van der Waals surface area contributed by atoms with E-state index in [1.54, 1.807) is 12.1 Å². The van der Waals surface area contributed by atoms with Gasteiger partial charge in [0, 0.05) is 6.54 Å². The minimum absolute atomic E-state index is 0.0443. The molecule has 0 fully saturated rings. The Labute approximate surface area is 98.6 Å². The van der Waals surface area contributed by atoms with Crippen LogP contribution in [0.15, 0.2) is 18.2 Å². The molecule has 2 nitrogen and oxygen atoms in total. The fourth-order valence-corrected chi connectivity index (χ4v) is 1.36. The number of hydrogen-bond donors (Lipinski definition) is 1. The molecule has 0 aliphatic heterocycles. The summed E-state index contributed by atoms with van der Waals surface area (Å²) in [6.45, 7) is 3.21. The lowest BCUT2D eigenvalue weighted by atomic mass is 10.1. The molecule has 0 saturated heterocycles. The Morgan fingerprint density at radius 3 is 2.47 bits per heavy atom. The lowest BCUT2D eigenvalue weighted by molar-refractivity contribution is -0.217. The summed E-state index contributed by atoms with van der Waals surface area (Å²) in [4.78, 5) is 0. The van der Waals surface area contributed by atoms with Gasteiger partial charge in [-0.3, -0.25) is 0 Å². The number of benzene rings is 1. The van der Waals surface area contributed by atoms with E-state index in [-0.39, 0.29) is 6.61 Å². The number of nitrogens with two attached hydrogens (primary N) is 1. The highest BCUT2D eigenvalue weighted by Crippen LogP contribution is 2.23. The number of aryl methyl sites for hydroxylation is 1. The number of hydrogen-bond acceptors (Lipinski definition) is 2. The van der Waals surface area contributed by atoms with Crippen molar-refractivity contribution in [3.05, 3.63) is 34.9 Å². The Bertz CT molecular complexity index is 377. The van der Waals surface area contributed by atoms with E-state index >= 15 is 0 Å². The van der Waals surface area contributed by atoms with Crippen molar-refractivity contribution in [2.24, 2.45) is 5.73 Å². The summed E-state index contributed by atoms with van der Waals surface area (Å²) in [6, 6.07) is 5.40. The maximum Gasteiger partial charge on any atom is 0.414 e. The molecule has 2 N–H and O–H groups in total. The van der Waals surface area contributed by atoms with E-state index in [1.807, 2.05) is 13.0 Å². The van der Waals surface area contributed by atoms with E-state index in [4.69, 9.17) is 10.5 Å². The van der Waals surface area contributed by atoms with Crippen LogP contribution in [0.3, 0.4) is 0 Å². The van der Waals surface area contributed by atoms with Gasteiger partial charge in [0.1, 0.15) is 0 Å². The van der Waals surface area contributed by atoms with Crippen LogP contribution >= 0.6 is 0 Å². The van der Waals surface area contributed by atoms with Crippen LogP contribution in [-0.4, -0.2) is 12.3 Å². The van der Waals surface area contributed by atoms with Crippen LogP contribution in [0.5, 0.6) is 0 Å². The molecule has 0 bridgehead atoms. The minimum atomic E-state index is -4.31. The van der Waals surface area contributed by atoms with Crippen molar-refractivity contribution in [3.63, 3.8) is 0 Å². The highest BCUT2D eigenvalue weighted by Gasteiger charge is 2.36. The zero-order valence-electron chi connectivity index (χ0n) is 9.84. The zero-order valence-corrected chi connectivity index (χ0v) is 9.84.